The normalized spacial score (nSPS) is 17.4. The van der Waals surface area contributed by atoms with Crippen LogP contribution in [0.1, 0.15) is 65.7 Å². The average Bonchev–Trinajstić information content (AvgIpc) is 2.70. The number of carbonyl (C=O) groups is 2. The van der Waals surface area contributed by atoms with E-state index in [9.17, 15) is 9.59 Å². The maximum absolute atomic E-state index is 12.5. The van der Waals surface area contributed by atoms with Crippen molar-refractivity contribution in [1.29, 1.82) is 0 Å². The van der Waals surface area contributed by atoms with E-state index in [4.69, 9.17) is 9.47 Å². The third-order valence-corrected chi connectivity index (χ3v) is 4.39. The lowest BCUT2D eigenvalue weighted by Gasteiger charge is -2.35. The van der Waals surface area contributed by atoms with Gasteiger partial charge in [0, 0.05) is 0 Å². The first-order valence-corrected chi connectivity index (χ1v) is 7.97. The first kappa shape index (κ1) is 17.0. The Labute approximate surface area is 122 Å². The molecule has 0 aliphatic heterocycles. The van der Waals surface area contributed by atoms with E-state index in [1.165, 1.54) is 12.8 Å². The number of ether oxygens (including phenoxy) is 2. The van der Waals surface area contributed by atoms with Gasteiger partial charge in [0.05, 0.1) is 13.2 Å². The van der Waals surface area contributed by atoms with Crippen molar-refractivity contribution in [3.8, 4) is 0 Å². The standard InChI is InChI=1S/C16H28O4/c1-4-16(14(17)19-5-2,15(18)20-6-3)13-11-9-7-8-10-12-13/h13H,4-12H2,1-3H3. The molecule has 0 radical (unpaired) electrons. The molecular formula is C16H28O4. The van der Waals surface area contributed by atoms with Gasteiger partial charge in [-0.25, -0.2) is 0 Å². The van der Waals surface area contributed by atoms with Crippen LogP contribution in [0, 0.1) is 11.3 Å². The topological polar surface area (TPSA) is 52.6 Å². The van der Waals surface area contributed by atoms with Gasteiger partial charge in [-0.1, -0.05) is 32.6 Å². The van der Waals surface area contributed by atoms with E-state index in [-0.39, 0.29) is 5.92 Å². The van der Waals surface area contributed by atoms with Gasteiger partial charge in [0.15, 0.2) is 5.41 Å². The van der Waals surface area contributed by atoms with Crippen molar-refractivity contribution < 1.29 is 19.1 Å². The highest BCUT2D eigenvalue weighted by Gasteiger charge is 2.52. The van der Waals surface area contributed by atoms with E-state index < -0.39 is 17.4 Å². The van der Waals surface area contributed by atoms with Crippen molar-refractivity contribution >= 4 is 11.9 Å². The monoisotopic (exact) mass is 284 g/mol. The fourth-order valence-electron chi connectivity index (χ4n) is 3.29. The molecule has 116 valence electrons. The summed E-state index contributed by atoms with van der Waals surface area (Å²) in [4.78, 5) is 25.0. The first-order chi connectivity index (χ1) is 9.63. The quantitative estimate of drug-likeness (QED) is 0.426. The van der Waals surface area contributed by atoms with E-state index in [0.717, 1.165) is 25.7 Å². The molecule has 0 saturated heterocycles. The van der Waals surface area contributed by atoms with E-state index >= 15 is 0 Å². The second-order valence-corrected chi connectivity index (χ2v) is 5.45. The van der Waals surface area contributed by atoms with Crippen molar-refractivity contribution in [1.82, 2.24) is 0 Å². The van der Waals surface area contributed by atoms with Crippen molar-refractivity contribution in [2.24, 2.45) is 11.3 Å². The third kappa shape index (κ3) is 3.53. The first-order valence-electron chi connectivity index (χ1n) is 7.97. The van der Waals surface area contributed by atoms with Gasteiger partial charge in [0.25, 0.3) is 0 Å². The molecule has 0 N–H and O–H groups in total. The molecule has 1 aliphatic carbocycles. The minimum absolute atomic E-state index is 0.0492. The molecule has 4 heteroatoms. The molecule has 0 unspecified atom stereocenters. The fourth-order valence-corrected chi connectivity index (χ4v) is 3.29. The molecule has 1 saturated carbocycles. The Kier molecular flexibility index (Phi) is 7.03. The van der Waals surface area contributed by atoms with E-state index in [1.807, 2.05) is 6.92 Å². The van der Waals surface area contributed by atoms with Gasteiger partial charge in [0.2, 0.25) is 0 Å². The lowest BCUT2D eigenvalue weighted by atomic mass is 9.69. The summed E-state index contributed by atoms with van der Waals surface area (Å²) in [5.41, 5.74) is -1.10. The molecule has 1 aliphatic rings. The third-order valence-electron chi connectivity index (χ3n) is 4.39. The molecule has 1 rings (SSSR count). The minimum Gasteiger partial charge on any atom is -0.465 e. The van der Waals surface area contributed by atoms with Crippen LogP contribution in [0.4, 0.5) is 0 Å². The summed E-state index contributed by atoms with van der Waals surface area (Å²) in [6.45, 7) is 6.03. The Morgan fingerprint density at radius 1 is 0.900 bits per heavy atom. The van der Waals surface area contributed by atoms with Gasteiger partial charge in [-0.15, -0.1) is 0 Å². The Morgan fingerprint density at radius 3 is 1.70 bits per heavy atom. The molecule has 4 nitrogen and oxygen atoms in total. The summed E-state index contributed by atoms with van der Waals surface area (Å²) in [6, 6.07) is 0. The van der Waals surface area contributed by atoms with Crippen LogP contribution in [0.2, 0.25) is 0 Å². The predicted octanol–water partition coefficient (Wildman–Crippen LogP) is 3.48. The van der Waals surface area contributed by atoms with Crippen LogP contribution >= 0.6 is 0 Å². The Balaban J connectivity index is 3.07. The number of esters is 2. The predicted molar refractivity (Wildman–Crippen MR) is 77.2 cm³/mol. The van der Waals surface area contributed by atoms with Crippen molar-refractivity contribution in [2.45, 2.75) is 65.7 Å². The highest BCUT2D eigenvalue weighted by Crippen LogP contribution is 2.42. The molecule has 0 heterocycles. The summed E-state index contributed by atoms with van der Waals surface area (Å²) in [5.74, 6) is -0.742. The van der Waals surface area contributed by atoms with Crippen LogP contribution in [0.3, 0.4) is 0 Å². The zero-order chi connectivity index (χ0) is 15.0. The molecular weight excluding hydrogens is 256 g/mol. The smallest absolute Gasteiger partial charge is 0.323 e. The average molecular weight is 284 g/mol. The molecule has 0 aromatic heterocycles. The molecule has 0 bridgehead atoms. The minimum atomic E-state index is -1.10. The van der Waals surface area contributed by atoms with Crippen LogP contribution < -0.4 is 0 Å². The van der Waals surface area contributed by atoms with Crippen molar-refractivity contribution in [3.63, 3.8) is 0 Å². The zero-order valence-corrected chi connectivity index (χ0v) is 13.1. The lowest BCUT2D eigenvalue weighted by molar-refractivity contribution is -0.178. The van der Waals surface area contributed by atoms with Gasteiger partial charge in [-0.3, -0.25) is 9.59 Å². The highest BCUT2D eigenvalue weighted by atomic mass is 16.6. The van der Waals surface area contributed by atoms with Crippen LogP contribution in [0.25, 0.3) is 0 Å². The number of hydrogen-bond acceptors (Lipinski definition) is 4. The second-order valence-electron chi connectivity index (χ2n) is 5.45. The highest BCUT2D eigenvalue weighted by molar-refractivity contribution is 6.00. The number of rotatable bonds is 6. The van der Waals surface area contributed by atoms with Gasteiger partial charge in [-0.2, -0.15) is 0 Å². The summed E-state index contributed by atoms with van der Waals surface area (Å²) >= 11 is 0. The molecule has 0 amide bonds. The van der Waals surface area contributed by atoms with Gasteiger partial charge in [-0.05, 0) is 39.0 Å². The van der Waals surface area contributed by atoms with Gasteiger partial charge in [0.1, 0.15) is 0 Å². The maximum atomic E-state index is 12.5. The van der Waals surface area contributed by atoms with E-state index in [2.05, 4.69) is 0 Å². The maximum Gasteiger partial charge on any atom is 0.323 e. The lowest BCUT2D eigenvalue weighted by Crippen LogP contribution is -2.47. The number of carbonyl (C=O) groups excluding carboxylic acids is 2. The SMILES string of the molecule is CCOC(=O)C(CC)(C(=O)OCC)C1CCCCCC1. The molecule has 1 fully saturated rings. The van der Waals surface area contributed by atoms with Crippen LogP contribution in [0.5, 0.6) is 0 Å². The molecule has 20 heavy (non-hydrogen) atoms. The molecule has 0 atom stereocenters. The van der Waals surface area contributed by atoms with Crippen molar-refractivity contribution in [3.05, 3.63) is 0 Å². The van der Waals surface area contributed by atoms with Crippen LogP contribution in [0.15, 0.2) is 0 Å². The molecule has 0 aromatic rings. The van der Waals surface area contributed by atoms with Crippen LogP contribution in [-0.2, 0) is 19.1 Å². The van der Waals surface area contributed by atoms with Gasteiger partial charge >= 0.3 is 11.9 Å². The molecule has 0 spiro atoms. The van der Waals surface area contributed by atoms with Crippen LogP contribution in [-0.4, -0.2) is 25.2 Å². The largest absolute Gasteiger partial charge is 0.465 e. The second kappa shape index (κ2) is 8.28. The fraction of sp³-hybridized carbons (Fsp3) is 0.875. The summed E-state index contributed by atoms with van der Waals surface area (Å²) in [7, 11) is 0. The van der Waals surface area contributed by atoms with E-state index in [1.54, 1.807) is 13.8 Å². The van der Waals surface area contributed by atoms with E-state index in [0.29, 0.717) is 19.6 Å². The van der Waals surface area contributed by atoms with Gasteiger partial charge < -0.3 is 9.47 Å². The Hall–Kier alpha value is -1.06. The Bertz CT molecular complexity index is 298. The van der Waals surface area contributed by atoms with Crippen molar-refractivity contribution in [2.75, 3.05) is 13.2 Å². The zero-order valence-electron chi connectivity index (χ0n) is 13.1. The summed E-state index contributed by atoms with van der Waals surface area (Å²) in [6.07, 6.45) is 6.78. The summed E-state index contributed by atoms with van der Waals surface area (Å²) in [5, 5.41) is 0. The molecule has 0 aromatic carbocycles. The Morgan fingerprint density at radius 2 is 1.35 bits per heavy atom. The number of hydrogen-bond donors (Lipinski definition) is 0. The summed E-state index contributed by atoms with van der Waals surface area (Å²) < 4.78 is 10.4.